The van der Waals surface area contributed by atoms with E-state index in [4.69, 9.17) is 18.0 Å². The van der Waals surface area contributed by atoms with Gasteiger partial charge in [-0.25, -0.2) is 9.37 Å². The molecule has 2 heterocycles. The fourth-order valence-electron chi connectivity index (χ4n) is 1.46. The minimum atomic E-state index is -1.14. The van der Waals surface area contributed by atoms with E-state index in [-0.39, 0.29) is 18.1 Å². The van der Waals surface area contributed by atoms with Gasteiger partial charge in [-0.05, 0) is 6.07 Å². The van der Waals surface area contributed by atoms with E-state index in [0.717, 1.165) is 0 Å². The van der Waals surface area contributed by atoms with Crippen LogP contribution in [0.1, 0.15) is 0 Å². The van der Waals surface area contributed by atoms with Gasteiger partial charge in [-0.3, -0.25) is 0 Å². The molecule has 1 fully saturated rings. The molecule has 1 aliphatic heterocycles. The predicted octanol–water partition coefficient (Wildman–Crippen LogP) is 1.06. The number of anilines is 1. The van der Waals surface area contributed by atoms with E-state index in [9.17, 15) is 9.50 Å². The van der Waals surface area contributed by atoms with Crippen LogP contribution in [0.4, 0.5) is 10.2 Å². The molecule has 0 amide bonds. The number of hydrogen-bond donors (Lipinski definition) is 1. The second-order valence-electron chi connectivity index (χ2n) is 3.46. The fourth-order valence-corrected chi connectivity index (χ4v) is 1.69. The smallest absolute Gasteiger partial charge is 0.159 e. The number of aromatic nitrogens is 1. The maximum Gasteiger partial charge on any atom is 0.159 e. The van der Waals surface area contributed by atoms with E-state index >= 15 is 0 Å². The van der Waals surface area contributed by atoms with E-state index in [2.05, 4.69) is 10.9 Å². The first kappa shape index (κ1) is 10.2. The summed E-state index contributed by atoms with van der Waals surface area (Å²) in [5.74, 6) is 2.05. The summed E-state index contributed by atoms with van der Waals surface area (Å²) >= 11 is 5.72. The lowest BCUT2D eigenvalue weighted by Crippen LogP contribution is -2.61. The van der Waals surface area contributed by atoms with Gasteiger partial charge in [-0.2, -0.15) is 0 Å². The molecule has 1 aromatic heterocycles. The lowest BCUT2D eigenvalue weighted by atomic mass is 9.95. The second-order valence-corrected chi connectivity index (χ2v) is 3.84. The van der Waals surface area contributed by atoms with Gasteiger partial charge in [0.2, 0.25) is 0 Å². The van der Waals surface area contributed by atoms with Crippen LogP contribution in [-0.4, -0.2) is 28.8 Å². The molecule has 0 saturated carbocycles. The van der Waals surface area contributed by atoms with E-state index in [1.807, 2.05) is 0 Å². The fraction of sp³-hybridized carbons (Fsp3) is 0.300. The van der Waals surface area contributed by atoms with Crippen molar-refractivity contribution in [1.82, 2.24) is 4.98 Å². The molecule has 0 radical (unpaired) electrons. The minimum absolute atomic E-state index is 0.0448. The van der Waals surface area contributed by atoms with Crippen molar-refractivity contribution >= 4 is 17.4 Å². The van der Waals surface area contributed by atoms with Crippen molar-refractivity contribution in [2.24, 2.45) is 0 Å². The zero-order chi connectivity index (χ0) is 11.1. The number of hydrogen-bond acceptors (Lipinski definition) is 3. The molecule has 0 spiro atoms. The lowest BCUT2D eigenvalue weighted by molar-refractivity contribution is 0.0701. The average molecular weight is 227 g/mol. The van der Waals surface area contributed by atoms with Crippen molar-refractivity contribution in [3.05, 3.63) is 23.1 Å². The van der Waals surface area contributed by atoms with Crippen LogP contribution in [0.15, 0.2) is 12.3 Å². The first-order valence-corrected chi connectivity index (χ1v) is 4.69. The van der Waals surface area contributed by atoms with Gasteiger partial charge in [0.05, 0.1) is 13.1 Å². The number of aliphatic hydroxyl groups is 1. The standard InChI is InChI=1S/C10H8ClFN2O/c1-2-10(15)5-14(6-10)9-8(11)7(12)3-4-13-9/h1,3-4,15H,5-6H2. The molecule has 3 nitrogen and oxygen atoms in total. The van der Waals surface area contributed by atoms with E-state index in [1.165, 1.54) is 12.3 Å². The number of nitrogens with zero attached hydrogens (tertiary/aromatic N) is 2. The van der Waals surface area contributed by atoms with Crippen LogP contribution < -0.4 is 4.90 Å². The van der Waals surface area contributed by atoms with Crippen LogP contribution in [-0.2, 0) is 0 Å². The number of β-amino-alcohol motifs (C(OH)–C–C–N with tert-alkyl or cyclic N) is 1. The Hall–Kier alpha value is -1.31. The molecule has 1 aromatic rings. The first-order chi connectivity index (χ1) is 7.06. The number of rotatable bonds is 1. The maximum atomic E-state index is 13.1. The normalized spacial score (nSPS) is 18.1. The molecule has 0 aliphatic carbocycles. The highest BCUT2D eigenvalue weighted by Gasteiger charge is 2.41. The molecule has 0 aromatic carbocycles. The van der Waals surface area contributed by atoms with Crippen molar-refractivity contribution in [2.75, 3.05) is 18.0 Å². The summed E-state index contributed by atoms with van der Waals surface area (Å²) in [6.07, 6.45) is 6.45. The van der Waals surface area contributed by atoms with Gasteiger partial charge in [0.1, 0.15) is 10.8 Å². The summed E-state index contributed by atoms with van der Waals surface area (Å²) in [7, 11) is 0. The molecule has 0 unspecified atom stereocenters. The van der Waals surface area contributed by atoms with Gasteiger partial charge >= 0.3 is 0 Å². The van der Waals surface area contributed by atoms with Crippen LogP contribution in [0.5, 0.6) is 0 Å². The van der Waals surface area contributed by atoms with E-state index in [0.29, 0.717) is 5.82 Å². The van der Waals surface area contributed by atoms with Gasteiger partial charge in [0, 0.05) is 6.20 Å². The van der Waals surface area contributed by atoms with Gasteiger partial charge in [-0.1, -0.05) is 17.5 Å². The van der Waals surface area contributed by atoms with Crippen molar-refractivity contribution in [3.8, 4) is 12.3 Å². The average Bonchev–Trinajstić information content (AvgIpc) is 2.18. The van der Waals surface area contributed by atoms with Crippen molar-refractivity contribution in [2.45, 2.75) is 5.60 Å². The third-order valence-electron chi connectivity index (χ3n) is 2.30. The molecule has 1 N–H and O–H groups in total. The summed E-state index contributed by atoms with van der Waals surface area (Å²) in [6.45, 7) is 0.444. The molecule has 15 heavy (non-hydrogen) atoms. The second kappa shape index (κ2) is 3.37. The third kappa shape index (κ3) is 1.65. The van der Waals surface area contributed by atoms with Gasteiger partial charge in [0.25, 0.3) is 0 Å². The van der Waals surface area contributed by atoms with Crippen LogP contribution in [0.2, 0.25) is 5.02 Å². The Balaban J connectivity index is 2.21. The molecular formula is C10H8ClFN2O. The molecule has 5 heteroatoms. The Morgan fingerprint density at radius 3 is 2.93 bits per heavy atom. The van der Waals surface area contributed by atoms with Crippen molar-refractivity contribution in [1.29, 1.82) is 0 Å². The number of terminal acetylenes is 1. The summed E-state index contributed by atoms with van der Waals surface area (Å²) < 4.78 is 13.1. The van der Waals surface area contributed by atoms with Crippen LogP contribution in [0, 0.1) is 18.2 Å². The third-order valence-corrected chi connectivity index (χ3v) is 2.65. The Morgan fingerprint density at radius 1 is 1.67 bits per heavy atom. The molecule has 78 valence electrons. The summed E-state index contributed by atoms with van der Waals surface area (Å²) in [6, 6.07) is 1.18. The van der Waals surface area contributed by atoms with Gasteiger partial charge in [-0.15, -0.1) is 6.42 Å². The SMILES string of the molecule is C#CC1(O)CN(c2nccc(F)c2Cl)C1. The zero-order valence-electron chi connectivity index (χ0n) is 7.74. The highest BCUT2D eigenvalue weighted by molar-refractivity contribution is 6.33. The summed E-state index contributed by atoms with van der Waals surface area (Å²) in [5.41, 5.74) is -1.14. The van der Waals surface area contributed by atoms with Crippen molar-refractivity contribution in [3.63, 3.8) is 0 Å². The molecular weight excluding hydrogens is 219 g/mol. The summed E-state index contributed by atoms with van der Waals surface area (Å²) in [4.78, 5) is 5.57. The molecule has 2 rings (SSSR count). The maximum absolute atomic E-state index is 13.1. The Labute approximate surface area is 91.5 Å². The van der Waals surface area contributed by atoms with Crippen LogP contribution in [0.25, 0.3) is 0 Å². The first-order valence-electron chi connectivity index (χ1n) is 4.31. The summed E-state index contributed by atoms with van der Waals surface area (Å²) in [5, 5.41) is 9.52. The Kier molecular flexibility index (Phi) is 2.29. The number of pyridine rings is 1. The van der Waals surface area contributed by atoms with Gasteiger partial charge < -0.3 is 10.0 Å². The number of halogens is 2. The molecule has 1 saturated heterocycles. The van der Waals surface area contributed by atoms with Gasteiger partial charge in [0.15, 0.2) is 11.4 Å². The largest absolute Gasteiger partial charge is 0.374 e. The highest BCUT2D eigenvalue weighted by Crippen LogP contribution is 2.32. The molecule has 1 aliphatic rings. The van der Waals surface area contributed by atoms with E-state index in [1.54, 1.807) is 4.90 Å². The van der Waals surface area contributed by atoms with Crippen LogP contribution in [0.3, 0.4) is 0 Å². The predicted molar refractivity (Wildman–Crippen MR) is 55.2 cm³/mol. The zero-order valence-corrected chi connectivity index (χ0v) is 8.50. The Morgan fingerprint density at radius 2 is 2.33 bits per heavy atom. The van der Waals surface area contributed by atoms with Crippen molar-refractivity contribution < 1.29 is 9.50 Å². The lowest BCUT2D eigenvalue weighted by Gasteiger charge is -2.43. The molecule has 0 atom stereocenters. The quantitative estimate of drug-likeness (QED) is 0.728. The highest BCUT2D eigenvalue weighted by atomic mass is 35.5. The molecule has 0 bridgehead atoms. The topological polar surface area (TPSA) is 36.4 Å². The van der Waals surface area contributed by atoms with Crippen LogP contribution >= 0.6 is 11.6 Å². The van der Waals surface area contributed by atoms with E-state index < -0.39 is 11.4 Å². The minimum Gasteiger partial charge on any atom is -0.374 e. The Bertz CT molecular complexity index is 438. The monoisotopic (exact) mass is 226 g/mol.